The first kappa shape index (κ1) is 19.9. The second kappa shape index (κ2) is 9.93. The monoisotopic (exact) mass is 372 g/mol. The van der Waals surface area contributed by atoms with Gasteiger partial charge in [0, 0.05) is 12.2 Å². The molecule has 1 amide bonds. The highest BCUT2D eigenvalue weighted by Crippen LogP contribution is 2.17. The number of carbonyl (C=O) groups excluding carboxylic acids is 3. The van der Waals surface area contributed by atoms with Crippen LogP contribution in [0, 0.1) is 0 Å². The van der Waals surface area contributed by atoms with Gasteiger partial charge in [-0.05, 0) is 24.3 Å². The molecule has 8 heteroatoms. The molecule has 3 N–H and O–H groups in total. The lowest BCUT2D eigenvalue weighted by Gasteiger charge is -2.12. The van der Waals surface area contributed by atoms with Crippen LogP contribution in [0.3, 0.4) is 0 Å². The third kappa shape index (κ3) is 5.55. The summed E-state index contributed by atoms with van der Waals surface area (Å²) in [7, 11) is 1.24. The Morgan fingerprint density at radius 2 is 1.52 bits per heavy atom. The van der Waals surface area contributed by atoms with Crippen molar-refractivity contribution in [1.82, 2.24) is 0 Å². The van der Waals surface area contributed by atoms with Gasteiger partial charge in [0.25, 0.3) is 5.91 Å². The van der Waals surface area contributed by atoms with Crippen molar-refractivity contribution >= 4 is 29.2 Å². The fourth-order valence-electron chi connectivity index (χ4n) is 2.28. The van der Waals surface area contributed by atoms with Crippen LogP contribution in [-0.2, 0) is 14.3 Å². The Bertz CT molecular complexity index is 821. The van der Waals surface area contributed by atoms with Crippen LogP contribution in [0.5, 0.6) is 0 Å². The molecular formula is C19H20N2O6. The number of hydrogen-bond donors (Lipinski definition) is 3. The van der Waals surface area contributed by atoms with Crippen LogP contribution in [0.1, 0.15) is 20.7 Å². The summed E-state index contributed by atoms with van der Waals surface area (Å²) >= 11 is 0. The Morgan fingerprint density at radius 1 is 0.926 bits per heavy atom. The molecule has 2 aromatic carbocycles. The van der Waals surface area contributed by atoms with E-state index in [1.165, 1.54) is 13.2 Å². The summed E-state index contributed by atoms with van der Waals surface area (Å²) in [5.41, 5.74) is 1.19. The zero-order valence-corrected chi connectivity index (χ0v) is 14.7. The highest BCUT2D eigenvalue weighted by atomic mass is 16.5. The van der Waals surface area contributed by atoms with E-state index in [4.69, 9.17) is 9.84 Å². The summed E-state index contributed by atoms with van der Waals surface area (Å²) in [6, 6.07) is 12.9. The number of esters is 2. The van der Waals surface area contributed by atoms with E-state index in [-0.39, 0.29) is 30.0 Å². The number of hydrogen-bond acceptors (Lipinski definition) is 7. The molecule has 2 rings (SSSR count). The molecule has 0 radical (unpaired) electrons. The van der Waals surface area contributed by atoms with E-state index in [1.807, 2.05) is 0 Å². The molecule has 8 nitrogen and oxygen atoms in total. The van der Waals surface area contributed by atoms with Crippen LogP contribution in [0.2, 0.25) is 0 Å². The van der Waals surface area contributed by atoms with Crippen LogP contribution in [0.4, 0.5) is 11.4 Å². The molecule has 0 heterocycles. The summed E-state index contributed by atoms with van der Waals surface area (Å²) in [6.45, 7) is -0.344. The minimum Gasteiger partial charge on any atom is -0.465 e. The summed E-state index contributed by atoms with van der Waals surface area (Å²) in [5.74, 6) is -1.88. The number of ether oxygens (including phenoxy) is 2. The molecule has 2 aromatic rings. The van der Waals surface area contributed by atoms with Gasteiger partial charge in [0.2, 0.25) is 0 Å². The normalized spacial score (nSPS) is 10.0. The minimum atomic E-state index is -0.688. The molecule has 0 aliphatic heterocycles. The molecule has 0 unspecified atom stereocenters. The van der Waals surface area contributed by atoms with Gasteiger partial charge in [0.1, 0.15) is 0 Å². The van der Waals surface area contributed by atoms with Gasteiger partial charge in [-0.25, -0.2) is 9.59 Å². The Labute approximate surface area is 156 Å². The van der Waals surface area contributed by atoms with Gasteiger partial charge >= 0.3 is 11.9 Å². The average Bonchev–Trinajstić information content (AvgIpc) is 2.70. The van der Waals surface area contributed by atoms with Crippen molar-refractivity contribution in [1.29, 1.82) is 0 Å². The maximum Gasteiger partial charge on any atom is 0.340 e. The van der Waals surface area contributed by atoms with Crippen molar-refractivity contribution in [3.8, 4) is 0 Å². The zero-order valence-electron chi connectivity index (χ0n) is 14.7. The molecule has 0 aromatic heterocycles. The average molecular weight is 372 g/mol. The number of amides is 1. The number of rotatable bonds is 8. The van der Waals surface area contributed by atoms with Gasteiger partial charge in [0.15, 0.2) is 6.61 Å². The van der Waals surface area contributed by atoms with E-state index >= 15 is 0 Å². The van der Waals surface area contributed by atoms with Crippen LogP contribution >= 0.6 is 0 Å². The zero-order chi connectivity index (χ0) is 19.6. The predicted octanol–water partition coefficient (Wildman–Crippen LogP) is 1.67. The lowest BCUT2D eigenvalue weighted by atomic mass is 10.1. The van der Waals surface area contributed by atoms with Crippen LogP contribution < -0.4 is 10.6 Å². The number of carbonyl (C=O) groups is 3. The topological polar surface area (TPSA) is 114 Å². The van der Waals surface area contributed by atoms with E-state index in [1.54, 1.807) is 42.5 Å². The van der Waals surface area contributed by atoms with Gasteiger partial charge in [-0.3, -0.25) is 4.79 Å². The van der Waals surface area contributed by atoms with Crippen molar-refractivity contribution in [2.45, 2.75) is 0 Å². The molecule has 27 heavy (non-hydrogen) atoms. The number of aliphatic hydroxyl groups excluding tert-OH is 1. The quantitative estimate of drug-likeness (QED) is 0.604. The SMILES string of the molecule is COC(=O)c1ccccc1NC(=O)COC(=O)c1ccccc1NCCO. The number of aliphatic hydroxyl groups is 1. The fourth-order valence-corrected chi connectivity index (χ4v) is 2.28. The highest BCUT2D eigenvalue weighted by molar-refractivity contribution is 6.02. The lowest BCUT2D eigenvalue weighted by molar-refractivity contribution is -0.119. The molecule has 0 bridgehead atoms. The van der Waals surface area contributed by atoms with Crippen LogP contribution in [-0.4, -0.2) is 49.8 Å². The molecule has 0 aliphatic carbocycles. The van der Waals surface area contributed by atoms with Crippen molar-refractivity contribution in [3.63, 3.8) is 0 Å². The van der Waals surface area contributed by atoms with Crippen molar-refractivity contribution in [2.24, 2.45) is 0 Å². The Balaban J connectivity index is 1.99. The van der Waals surface area contributed by atoms with Crippen molar-refractivity contribution < 1.29 is 29.0 Å². The van der Waals surface area contributed by atoms with E-state index in [0.29, 0.717) is 5.69 Å². The molecule has 0 atom stereocenters. The fraction of sp³-hybridized carbons (Fsp3) is 0.211. The first-order valence-electron chi connectivity index (χ1n) is 8.15. The summed E-state index contributed by atoms with van der Waals surface area (Å²) < 4.78 is 9.70. The van der Waals surface area contributed by atoms with E-state index in [9.17, 15) is 14.4 Å². The molecule has 142 valence electrons. The number of para-hydroxylation sites is 2. The van der Waals surface area contributed by atoms with Gasteiger partial charge in [-0.1, -0.05) is 24.3 Å². The second-order valence-corrected chi connectivity index (χ2v) is 5.36. The molecular weight excluding hydrogens is 352 g/mol. The predicted molar refractivity (Wildman–Crippen MR) is 98.7 cm³/mol. The highest BCUT2D eigenvalue weighted by Gasteiger charge is 2.16. The molecule has 0 saturated heterocycles. The standard InChI is InChI=1S/C19H20N2O6/c1-26-18(24)14-7-3-5-9-16(14)21-17(23)12-27-19(25)13-6-2-4-8-15(13)20-10-11-22/h2-9,20,22H,10-12H2,1H3,(H,21,23). The lowest BCUT2D eigenvalue weighted by Crippen LogP contribution is -2.22. The van der Waals surface area contributed by atoms with E-state index in [2.05, 4.69) is 15.4 Å². The van der Waals surface area contributed by atoms with Gasteiger partial charge in [-0.2, -0.15) is 0 Å². The van der Waals surface area contributed by atoms with Gasteiger partial charge in [0.05, 0.1) is 30.5 Å². The summed E-state index contributed by atoms with van der Waals surface area (Å²) in [4.78, 5) is 36.0. The third-order valence-corrected chi connectivity index (χ3v) is 3.52. The largest absolute Gasteiger partial charge is 0.465 e. The maximum absolute atomic E-state index is 12.2. The summed E-state index contributed by atoms with van der Waals surface area (Å²) in [5, 5.41) is 14.3. The molecule has 0 saturated carbocycles. The maximum atomic E-state index is 12.2. The number of anilines is 2. The first-order valence-corrected chi connectivity index (χ1v) is 8.15. The minimum absolute atomic E-state index is 0.0919. The second-order valence-electron chi connectivity index (χ2n) is 5.36. The third-order valence-electron chi connectivity index (χ3n) is 3.52. The van der Waals surface area contributed by atoms with Crippen LogP contribution in [0.25, 0.3) is 0 Å². The smallest absolute Gasteiger partial charge is 0.340 e. The number of methoxy groups -OCH3 is 1. The number of nitrogens with one attached hydrogen (secondary N) is 2. The van der Waals surface area contributed by atoms with Crippen molar-refractivity contribution in [2.75, 3.05) is 37.5 Å². The Morgan fingerprint density at radius 3 is 2.15 bits per heavy atom. The van der Waals surface area contributed by atoms with Crippen LogP contribution in [0.15, 0.2) is 48.5 Å². The first-order chi connectivity index (χ1) is 13.1. The summed E-state index contributed by atoms with van der Waals surface area (Å²) in [6.07, 6.45) is 0. The molecule has 0 spiro atoms. The molecule has 0 fully saturated rings. The van der Waals surface area contributed by atoms with E-state index < -0.39 is 24.5 Å². The van der Waals surface area contributed by atoms with Gasteiger partial charge < -0.3 is 25.2 Å². The number of benzene rings is 2. The van der Waals surface area contributed by atoms with Crippen molar-refractivity contribution in [3.05, 3.63) is 59.7 Å². The molecule has 0 aliphatic rings. The van der Waals surface area contributed by atoms with Gasteiger partial charge in [-0.15, -0.1) is 0 Å². The Hall–Kier alpha value is -3.39. The van der Waals surface area contributed by atoms with E-state index in [0.717, 1.165) is 0 Å². The Kier molecular flexibility index (Phi) is 7.33.